The van der Waals surface area contributed by atoms with Crippen molar-refractivity contribution in [2.75, 3.05) is 12.3 Å². The van der Waals surface area contributed by atoms with Crippen molar-refractivity contribution < 1.29 is 4.79 Å². The first-order chi connectivity index (χ1) is 14.0. The molecule has 0 radical (unpaired) electrons. The molecule has 3 aromatic rings. The molecule has 0 fully saturated rings. The van der Waals surface area contributed by atoms with E-state index in [0.29, 0.717) is 34.5 Å². The van der Waals surface area contributed by atoms with Gasteiger partial charge in [0.15, 0.2) is 5.82 Å². The highest BCUT2D eigenvalue weighted by atomic mass is 35.5. The van der Waals surface area contributed by atoms with Gasteiger partial charge in [-0.25, -0.2) is 9.67 Å². The zero-order valence-electron chi connectivity index (χ0n) is 16.1. The number of pyridine rings is 1. The van der Waals surface area contributed by atoms with Crippen LogP contribution < -0.4 is 5.32 Å². The molecule has 0 spiro atoms. The van der Waals surface area contributed by atoms with Gasteiger partial charge < -0.3 is 5.32 Å². The normalized spacial score (nSPS) is 10.6. The molecule has 1 N–H and O–H groups in total. The fourth-order valence-corrected chi connectivity index (χ4v) is 3.88. The lowest BCUT2D eigenvalue weighted by Crippen LogP contribution is -2.27. The summed E-state index contributed by atoms with van der Waals surface area (Å²) >= 11 is 7.84. The Morgan fingerprint density at radius 2 is 2.07 bits per heavy atom. The molecular weight excluding hydrogens is 406 g/mol. The minimum absolute atomic E-state index is 0.177. The van der Waals surface area contributed by atoms with Gasteiger partial charge in [-0.3, -0.25) is 4.79 Å². The SMILES string of the molecule is Cc1cc(C)n(-c2ccc(Cl)c(C(=O)NCCSCc3ccccc3C#N)n2)n1. The molecule has 0 bridgehead atoms. The maximum absolute atomic E-state index is 12.5. The Kier molecular flexibility index (Phi) is 6.91. The van der Waals surface area contributed by atoms with Crippen LogP contribution in [0.2, 0.25) is 5.02 Å². The van der Waals surface area contributed by atoms with Gasteiger partial charge in [-0.05, 0) is 43.7 Å². The molecule has 1 aromatic carbocycles. The van der Waals surface area contributed by atoms with E-state index < -0.39 is 0 Å². The first-order valence-electron chi connectivity index (χ1n) is 9.03. The van der Waals surface area contributed by atoms with Crippen LogP contribution in [0.3, 0.4) is 0 Å². The van der Waals surface area contributed by atoms with Crippen LogP contribution in [0.25, 0.3) is 5.82 Å². The van der Waals surface area contributed by atoms with Crippen LogP contribution in [0.15, 0.2) is 42.5 Å². The second kappa shape index (κ2) is 9.59. The van der Waals surface area contributed by atoms with Crippen LogP contribution >= 0.6 is 23.4 Å². The molecular formula is C21H20ClN5OS. The quantitative estimate of drug-likeness (QED) is 0.577. The number of carbonyl (C=O) groups is 1. The Morgan fingerprint density at radius 1 is 1.28 bits per heavy atom. The summed E-state index contributed by atoms with van der Waals surface area (Å²) in [7, 11) is 0. The summed E-state index contributed by atoms with van der Waals surface area (Å²) in [6.07, 6.45) is 0. The van der Waals surface area contributed by atoms with Gasteiger partial charge in [-0.2, -0.15) is 22.1 Å². The molecule has 8 heteroatoms. The van der Waals surface area contributed by atoms with Gasteiger partial charge in [0.1, 0.15) is 5.69 Å². The number of nitriles is 1. The predicted octanol–water partition coefficient (Wildman–Crippen LogP) is 4.07. The minimum Gasteiger partial charge on any atom is -0.350 e. The topological polar surface area (TPSA) is 83.6 Å². The van der Waals surface area contributed by atoms with Crippen molar-refractivity contribution in [3.63, 3.8) is 0 Å². The van der Waals surface area contributed by atoms with Gasteiger partial charge in [-0.15, -0.1) is 0 Å². The van der Waals surface area contributed by atoms with Crippen LogP contribution in [0.5, 0.6) is 0 Å². The highest BCUT2D eigenvalue weighted by Crippen LogP contribution is 2.18. The molecule has 0 saturated heterocycles. The summed E-state index contributed by atoms with van der Waals surface area (Å²) in [5.41, 5.74) is 3.66. The van der Waals surface area contributed by atoms with Gasteiger partial charge in [0.25, 0.3) is 5.91 Å². The summed E-state index contributed by atoms with van der Waals surface area (Å²) in [5.74, 6) is 1.65. The Balaban J connectivity index is 1.57. The van der Waals surface area contributed by atoms with Crippen LogP contribution in [-0.4, -0.2) is 33.0 Å². The number of benzene rings is 1. The van der Waals surface area contributed by atoms with Crippen LogP contribution in [-0.2, 0) is 5.75 Å². The van der Waals surface area contributed by atoms with E-state index in [1.165, 1.54) is 0 Å². The molecule has 0 aliphatic carbocycles. The lowest BCUT2D eigenvalue weighted by atomic mass is 10.1. The van der Waals surface area contributed by atoms with E-state index in [1.807, 2.05) is 38.1 Å². The fourth-order valence-electron chi connectivity index (χ4n) is 2.83. The molecule has 2 aromatic heterocycles. The fraction of sp³-hybridized carbons (Fsp3) is 0.238. The van der Waals surface area contributed by atoms with Crippen molar-refractivity contribution in [2.24, 2.45) is 0 Å². The Labute approximate surface area is 178 Å². The van der Waals surface area contributed by atoms with Crippen molar-refractivity contribution in [1.82, 2.24) is 20.1 Å². The molecule has 0 saturated carbocycles. The molecule has 29 heavy (non-hydrogen) atoms. The van der Waals surface area contributed by atoms with Gasteiger partial charge >= 0.3 is 0 Å². The standard InChI is InChI=1S/C21H20ClN5OS/c1-14-11-15(2)27(26-14)19-8-7-18(22)20(25-19)21(28)24-9-10-29-13-17-6-4-3-5-16(17)12-23/h3-8,11H,9-10,13H2,1-2H3,(H,24,28). The number of nitrogens with zero attached hydrogens (tertiary/aromatic N) is 4. The first kappa shape index (κ1) is 20.9. The van der Waals surface area contributed by atoms with Gasteiger partial charge in [0, 0.05) is 23.7 Å². The van der Waals surface area contributed by atoms with Gasteiger partial charge in [-0.1, -0.05) is 29.8 Å². The summed E-state index contributed by atoms with van der Waals surface area (Å²) in [6.45, 7) is 4.30. The third kappa shape index (κ3) is 5.17. The molecule has 1 amide bonds. The first-order valence-corrected chi connectivity index (χ1v) is 10.6. The van der Waals surface area contributed by atoms with E-state index in [0.717, 1.165) is 17.0 Å². The lowest BCUT2D eigenvalue weighted by Gasteiger charge is -2.09. The monoisotopic (exact) mass is 425 g/mol. The summed E-state index contributed by atoms with van der Waals surface area (Å²) in [4.78, 5) is 16.9. The highest BCUT2D eigenvalue weighted by molar-refractivity contribution is 7.98. The molecule has 2 heterocycles. The largest absolute Gasteiger partial charge is 0.350 e. The molecule has 0 aliphatic heterocycles. The van der Waals surface area contributed by atoms with Crippen molar-refractivity contribution in [1.29, 1.82) is 5.26 Å². The zero-order valence-corrected chi connectivity index (χ0v) is 17.7. The van der Waals surface area contributed by atoms with Crippen LogP contribution in [0.1, 0.15) is 33.0 Å². The maximum atomic E-state index is 12.5. The van der Waals surface area contributed by atoms with Crippen molar-refractivity contribution in [2.45, 2.75) is 19.6 Å². The van der Waals surface area contributed by atoms with Crippen molar-refractivity contribution >= 4 is 29.3 Å². The second-order valence-electron chi connectivity index (χ2n) is 6.42. The summed E-state index contributed by atoms with van der Waals surface area (Å²) in [5, 5.41) is 16.7. The number of halogens is 1. The Hall–Kier alpha value is -2.82. The predicted molar refractivity (Wildman–Crippen MR) is 115 cm³/mol. The minimum atomic E-state index is -0.323. The maximum Gasteiger partial charge on any atom is 0.271 e. The summed E-state index contributed by atoms with van der Waals surface area (Å²) in [6, 6.07) is 15.0. The zero-order chi connectivity index (χ0) is 20.8. The third-order valence-corrected chi connectivity index (χ3v) is 5.51. The van der Waals surface area contributed by atoms with Gasteiger partial charge in [0.05, 0.1) is 22.3 Å². The van der Waals surface area contributed by atoms with Gasteiger partial charge in [0.2, 0.25) is 0 Å². The molecule has 148 valence electrons. The average molecular weight is 426 g/mol. The number of aromatic nitrogens is 3. The third-order valence-electron chi connectivity index (χ3n) is 4.20. The van der Waals surface area contributed by atoms with E-state index in [4.69, 9.17) is 16.9 Å². The van der Waals surface area contributed by atoms with Crippen molar-refractivity contribution in [3.05, 3.63) is 75.7 Å². The number of nitrogens with one attached hydrogen (secondary N) is 1. The number of hydrogen-bond acceptors (Lipinski definition) is 5. The lowest BCUT2D eigenvalue weighted by molar-refractivity contribution is 0.0951. The number of hydrogen-bond donors (Lipinski definition) is 1. The number of rotatable bonds is 7. The van der Waals surface area contributed by atoms with Crippen molar-refractivity contribution in [3.8, 4) is 11.9 Å². The highest BCUT2D eigenvalue weighted by Gasteiger charge is 2.15. The van der Waals surface area contributed by atoms with Crippen LogP contribution in [0, 0.1) is 25.2 Å². The van der Waals surface area contributed by atoms with Crippen LogP contribution in [0.4, 0.5) is 0 Å². The number of amides is 1. The Morgan fingerprint density at radius 3 is 2.79 bits per heavy atom. The Bertz CT molecular complexity index is 1070. The van der Waals surface area contributed by atoms with E-state index in [9.17, 15) is 4.79 Å². The number of carbonyl (C=O) groups excluding carboxylic acids is 1. The molecule has 3 rings (SSSR count). The number of aryl methyl sites for hydroxylation is 2. The van der Waals surface area contributed by atoms with E-state index >= 15 is 0 Å². The molecule has 6 nitrogen and oxygen atoms in total. The number of thioether (sulfide) groups is 1. The van der Waals surface area contributed by atoms with E-state index in [1.54, 1.807) is 34.6 Å². The molecule has 0 aliphatic rings. The molecule has 0 unspecified atom stereocenters. The smallest absolute Gasteiger partial charge is 0.271 e. The molecule has 0 atom stereocenters. The average Bonchev–Trinajstić information content (AvgIpc) is 3.06. The second-order valence-corrected chi connectivity index (χ2v) is 7.93. The summed E-state index contributed by atoms with van der Waals surface area (Å²) < 4.78 is 1.69. The van der Waals surface area contributed by atoms with E-state index in [-0.39, 0.29) is 11.6 Å². The van der Waals surface area contributed by atoms with E-state index in [2.05, 4.69) is 21.5 Å².